The van der Waals surface area contributed by atoms with Gasteiger partial charge in [-0.05, 0) is 31.7 Å². The van der Waals surface area contributed by atoms with Crippen LogP contribution in [0.1, 0.15) is 43.2 Å². The first-order valence-corrected chi connectivity index (χ1v) is 6.59. The van der Waals surface area contributed by atoms with Gasteiger partial charge in [0.15, 0.2) is 0 Å². The first-order chi connectivity index (χ1) is 8.24. The quantitative estimate of drug-likeness (QED) is 0.848. The highest BCUT2D eigenvalue weighted by atomic mass is 16.1. The summed E-state index contributed by atoms with van der Waals surface area (Å²) < 4.78 is 0. The number of hydrogen-bond donors (Lipinski definition) is 1. The topological polar surface area (TPSA) is 29.1 Å². The molecule has 1 aliphatic carbocycles. The summed E-state index contributed by atoms with van der Waals surface area (Å²) in [5, 5.41) is 3.12. The van der Waals surface area contributed by atoms with Gasteiger partial charge >= 0.3 is 0 Å². The monoisotopic (exact) mass is 231 g/mol. The molecule has 0 heterocycles. The summed E-state index contributed by atoms with van der Waals surface area (Å²) in [4.78, 5) is 11.7. The van der Waals surface area contributed by atoms with E-state index in [1.807, 2.05) is 0 Å². The normalized spacial score (nSPS) is 16.1. The fourth-order valence-electron chi connectivity index (χ4n) is 2.50. The van der Waals surface area contributed by atoms with Crippen molar-refractivity contribution in [2.75, 3.05) is 0 Å². The van der Waals surface area contributed by atoms with Crippen molar-refractivity contribution in [3.8, 4) is 0 Å². The molecule has 92 valence electrons. The van der Waals surface area contributed by atoms with Crippen LogP contribution in [0.4, 0.5) is 0 Å². The summed E-state index contributed by atoms with van der Waals surface area (Å²) >= 11 is 0. The minimum Gasteiger partial charge on any atom is -0.353 e. The Labute approximate surface area is 103 Å². The lowest BCUT2D eigenvalue weighted by Gasteiger charge is -2.11. The number of carbonyl (C=O) groups is 1. The van der Waals surface area contributed by atoms with Crippen molar-refractivity contribution < 1.29 is 4.79 Å². The average molecular weight is 231 g/mol. The molecule has 17 heavy (non-hydrogen) atoms. The Morgan fingerprint density at radius 3 is 2.82 bits per heavy atom. The lowest BCUT2D eigenvalue weighted by molar-refractivity contribution is -0.121. The van der Waals surface area contributed by atoms with Crippen LogP contribution in [0.25, 0.3) is 0 Å². The molecule has 0 atom stereocenters. The number of aryl methyl sites for hydroxylation is 2. The predicted octanol–water partition coefficient (Wildman–Crippen LogP) is 2.99. The van der Waals surface area contributed by atoms with Gasteiger partial charge in [-0.15, -0.1) is 0 Å². The van der Waals surface area contributed by atoms with Gasteiger partial charge in [0, 0.05) is 12.5 Å². The molecule has 0 unspecified atom stereocenters. The first-order valence-electron chi connectivity index (χ1n) is 6.59. The molecule has 0 radical (unpaired) electrons. The lowest BCUT2D eigenvalue weighted by Crippen LogP contribution is -2.32. The van der Waals surface area contributed by atoms with Gasteiger partial charge in [0.25, 0.3) is 0 Å². The molecule has 2 heteroatoms. The standard InChI is InChI=1S/C15H21NO/c1-12-5-4-6-13(11-12)9-10-15(17)16-14-7-2-3-8-14/h4-6,11,14H,2-3,7-10H2,1H3,(H,16,17). The van der Waals surface area contributed by atoms with Crippen molar-refractivity contribution in [2.24, 2.45) is 0 Å². The number of benzene rings is 1. The molecule has 1 amide bonds. The Morgan fingerprint density at radius 2 is 2.12 bits per heavy atom. The molecule has 2 nitrogen and oxygen atoms in total. The van der Waals surface area contributed by atoms with Crippen molar-refractivity contribution >= 4 is 5.91 Å². The molecular weight excluding hydrogens is 210 g/mol. The summed E-state index contributed by atoms with van der Waals surface area (Å²) in [5.74, 6) is 0.207. The highest BCUT2D eigenvalue weighted by Gasteiger charge is 2.16. The van der Waals surface area contributed by atoms with Crippen LogP contribution in [0, 0.1) is 6.92 Å². The van der Waals surface area contributed by atoms with E-state index in [1.54, 1.807) is 0 Å². The van der Waals surface area contributed by atoms with Crippen molar-refractivity contribution in [2.45, 2.75) is 51.5 Å². The third kappa shape index (κ3) is 3.88. The van der Waals surface area contributed by atoms with Crippen molar-refractivity contribution in [3.05, 3.63) is 35.4 Å². The second-order valence-corrected chi connectivity index (χ2v) is 5.04. The van der Waals surface area contributed by atoms with E-state index in [-0.39, 0.29) is 5.91 Å². The Bertz CT molecular complexity index is 380. The Balaban J connectivity index is 1.75. The number of hydrogen-bond acceptors (Lipinski definition) is 1. The van der Waals surface area contributed by atoms with Crippen LogP contribution in [-0.2, 0) is 11.2 Å². The third-order valence-electron chi connectivity index (χ3n) is 3.44. The Kier molecular flexibility index (Phi) is 4.18. The average Bonchev–Trinajstić information content (AvgIpc) is 2.79. The molecule has 1 N–H and O–H groups in total. The summed E-state index contributed by atoms with van der Waals surface area (Å²) in [7, 11) is 0. The smallest absolute Gasteiger partial charge is 0.220 e. The Hall–Kier alpha value is -1.31. The second kappa shape index (κ2) is 5.85. The van der Waals surface area contributed by atoms with E-state index in [1.165, 1.54) is 24.0 Å². The summed E-state index contributed by atoms with van der Waals surface area (Å²) in [6.45, 7) is 2.09. The zero-order valence-corrected chi connectivity index (χ0v) is 10.5. The van der Waals surface area contributed by atoms with E-state index in [4.69, 9.17) is 0 Å². The zero-order chi connectivity index (χ0) is 12.1. The Morgan fingerprint density at radius 1 is 1.35 bits per heavy atom. The molecule has 1 saturated carbocycles. The van der Waals surface area contributed by atoms with E-state index in [2.05, 4.69) is 36.5 Å². The highest BCUT2D eigenvalue weighted by Crippen LogP contribution is 2.17. The van der Waals surface area contributed by atoms with Gasteiger partial charge in [0.05, 0.1) is 0 Å². The number of carbonyl (C=O) groups excluding carboxylic acids is 1. The summed E-state index contributed by atoms with van der Waals surface area (Å²) in [5.41, 5.74) is 2.52. The maximum atomic E-state index is 11.7. The molecular formula is C15H21NO. The van der Waals surface area contributed by atoms with Crippen molar-refractivity contribution in [3.63, 3.8) is 0 Å². The van der Waals surface area contributed by atoms with Crippen LogP contribution >= 0.6 is 0 Å². The van der Waals surface area contributed by atoms with Gasteiger partial charge in [-0.1, -0.05) is 42.7 Å². The highest BCUT2D eigenvalue weighted by molar-refractivity contribution is 5.76. The molecule has 0 aliphatic heterocycles. The maximum Gasteiger partial charge on any atom is 0.220 e. The van der Waals surface area contributed by atoms with Gasteiger partial charge in [0.2, 0.25) is 5.91 Å². The van der Waals surface area contributed by atoms with E-state index in [9.17, 15) is 4.79 Å². The van der Waals surface area contributed by atoms with E-state index < -0.39 is 0 Å². The van der Waals surface area contributed by atoms with Gasteiger partial charge in [-0.2, -0.15) is 0 Å². The van der Waals surface area contributed by atoms with E-state index >= 15 is 0 Å². The molecule has 0 aromatic heterocycles. The fourth-order valence-corrected chi connectivity index (χ4v) is 2.50. The van der Waals surface area contributed by atoms with E-state index in [0.717, 1.165) is 19.3 Å². The molecule has 0 spiro atoms. The van der Waals surface area contributed by atoms with E-state index in [0.29, 0.717) is 12.5 Å². The van der Waals surface area contributed by atoms with Crippen molar-refractivity contribution in [1.82, 2.24) is 5.32 Å². The van der Waals surface area contributed by atoms with Gasteiger partial charge in [-0.25, -0.2) is 0 Å². The number of nitrogens with one attached hydrogen (secondary N) is 1. The molecule has 1 aliphatic rings. The van der Waals surface area contributed by atoms with Crippen LogP contribution in [-0.4, -0.2) is 11.9 Å². The second-order valence-electron chi connectivity index (χ2n) is 5.04. The third-order valence-corrected chi connectivity index (χ3v) is 3.44. The summed E-state index contributed by atoms with van der Waals surface area (Å²) in [6, 6.07) is 8.83. The lowest BCUT2D eigenvalue weighted by atomic mass is 10.1. The fraction of sp³-hybridized carbons (Fsp3) is 0.533. The van der Waals surface area contributed by atoms with Crippen LogP contribution in [0.2, 0.25) is 0 Å². The van der Waals surface area contributed by atoms with Gasteiger partial charge in [0.1, 0.15) is 0 Å². The molecule has 1 aromatic rings. The SMILES string of the molecule is Cc1cccc(CCC(=O)NC2CCCC2)c1. The minimum atomic E-state index is 0.207. The maximum absolute atomic E-state index is 11.7. The minimum absolute atomic E-state index is 0.207. The molecule has 2 rings (SSSR count). The van der Waals surface area contributed by atoms with Crippen LogP contribution in [0.5, 0.6) is 0 Å². The van der Waals surface area contributed by atoms with Crippen LogP contribution in [0.3, 0.4) is 0 Å². The first kappa shape index (κ1) is 12.2. The molecule has 1 fully saturated rings. The largest absolute Gasteiger partial charge is 0.353 e. The van der Waals surface area contributed by atoms with Gasteiger partial charge in [-0.3, -0.25) is 4.79 Å². The van der Waals surface area contributed by atoms with Gasteiger partial charge < -0.3 is 5.32 Å². The molecule has 0 bridgehead atoms. The summed E-state index contributed by atoms with van der Waals surface area (Å²) in [6.07, 6.45) is 6.32. The van der Waals surface area contributed by atoms with Crippen molar-refractivity contribution in [1.29, 1.82) is 0 Å². The number of rotatable bonds is 4. The number of amides is 1. The van der Waals surface area contributed by atoms with Crippen LogP contribution < -0.4 is 5.32 Å². The zero-order valence-electron chi connectivity index (χ0n) is 10.5. The van der Waals surface area contributed by atoms with Crippen LogP contribution in [0.15, 0.2) is 24.3 Å². The predicted molar refractivity (Wildman–Crippen MR) is 69.9 cm³/mol. The molecule has 1 aromatic carbocycles. The molecule has 0 saturated heterocycles.